The molecule has 12 heteroatoms. The van der Waals surface area contributed by atoms with Gasteiger partial charge in [0.15, 0.2) is 0 Å². The summed E-state index contributed by atoms with van der Waals surface area (Å²) in [6, 6.07) is 2.89. The molecule has 0 bridgehead atoms. The fourth-order valence-corrected chi connectivity index (χ4v) is 2.77. The van der Waals surface area contributed by atoms with Crippen LogP contribution in [-0.4, -0.2) is 31.2 Å². The summed E-state index contributed by atoms with van der Waals surface area (Å²) in [6.07, 6.45) is 1.07. The van der Waals surface area contributed by atoms with Crippen molar-refractivity contribution in [3.63, 3.8) is 0 Å². The molecule has 2 rings (SSSR count). The van der Waals surface area contributed by atoms with E-state index in [1.165, 1.54) is 6.26 Å². The first-order valence-corrected chi connectivity index (χ1v) is 10.3. The quantitative estimate of drug-likeness (QED) is 0.196. The standard InChI is InChI=1S/C14H18F5N4OP.C7H8O/c1-21-4-2-3-9(7-24-8-20)22-10-5-11(13(15,16)17)23-12(6-10)14(18,19)25;1-3-7-6(2)4-5-8-7/h5-6,9,21H,2-4,7,25H2,1H3,(H,22,23);3-5H,1H2,2H3. The fourth-order valence-electron chi connectivity index (χ4n) is 2.62. The number of aromatic nitrogens is 1. The molecule has 0 saturated carbocycles. The Labute approximate surface area is 191 Å². The third kappa shape index (κ3) is 10.2. The zero-order chi connectivity index (χ0) is 25.1. The van der Waals surface area contributed by atoms with Crippen molar-refractivity contribution < 1.29 is 31.1 Å². The number of halogens is 5. The second kappa shape index (κ2) is 13.1. The zero-order valence-electron chi connectivity index (χ0n) is 18.2. The summed E-state index contributed by atoms with van der Waals surface area (Å²) in [5, 5.41) is 14.1. The van der Waals surface area contributed by atoms with E-state index < -0.39 is 29.3 Å². The van der Waals surface area contributed by atoms with Gasteiger partial charge in [0.25, 0.3) is 11.9 Å². The molecule has 2 atom stereocenters. The van der Waals surface area contributed by atoms with Crippen molar-refractivity contribution in [3.8, 4) is 6.26 Å². The number of furan rings is 1. The van der Waals surface area contributed by atoms with Crippen LogP contribution in [0.3, 0.4) is 0 Å². The van der Waals surface area contributed by atoms with Gasteiger partial charge in [0, 0.05) is 5.69 Å². The molecular weight excluding hydrogens is 466 g/mol. The first-order valence-electron chi connectivity index (χ1n) is 9.77. The maximum atomic E-state index is 13.4. The molecule has 0 spiro atoms. The number of anilines is 1. The van der Waals surface area contributed by atoms with E-state index in [0.29, 0.717) is 25.5 Å². The number of rotatable bonds is 10. The Bertz CT molecular complexity index is 890. The molecule has 2 N–H and O–H groups in total. The summed E-state index contributed by atoms with van der Waals surface area (Å²) in [4.78, 5) is 2.99. The molecule has 0 saturated heterocycles. The van der Waals surface area contributed by atoms with Gasteiger partial charge >= 0.3 is 6.18 Å². The molecule has 2 aromatic heterocycles. The highest BCUT2D eigenvalue weighted by Gasteiger charge is 2.36. The van der Waals surface area contributed by atoms with Crippen LogP contribution in [0.1, 0.15) is 35.6 Å². The van der Waals surface area contributed by atoms with Crippen molar-refractivity contribution in [2.24, 2.45) is 0 Å². The lowest BCUT2D eigenvalue weighted by Gasteiger charge is -2.21. The van der Waals surface area contributed by atoms with E-state index in [1.807, 2.05) is 13.0 Å². The molecule has 2 unspecified atom stereocenters. The maximum Gasteiger partial charge on any atom is 0.433 e. The number of hydrogen-bond acceptors (Lipinski definition) is 6. The summed E-state index contributed by atoms with van der Waals surface area (Å²) in [6.45, 7) is 6.10. The van der Waals surface area contributed by atoms with Gasteiger partial charge < -0.3 is 19.8 Å². The minimum atomic E-state index is -4.87. The molecule has 0 aliphatic heterocycles. The minimum absolute atomic E-state index is 0.101. The summed E-state index contributed by atoms with van der Waals surface area (Å²) in [7, 11) is 2.89. The first-order chi connectivity index (χ1) is 15.4. The SMILES string of the molecule is C=Cc1occc1C.CNCCCC(COC#N)Nc1cc(C(F)(F)F)nc(C(F)(F)P)c1. The van der Waals surface area contributed by atoms with Crippen LogP contribution in [0.25, 0.3) is 6.08 Å². The Morgan fingerprint density at radius 1 is 1.30 bits per heavy atom. The van der Waals surface area contributed by atoms with Crippen LogP contribution in [0.4, 0.5) is 27.6 Å². The molecule has 0 radical (unpaired) electrons. The van der Waals surface area contributed by atoms with Crippen LogP contribution in [0.2, 0.25) is 0 Å². The summed E-state index contributed by atoms with van der Waals surface area (Å²) in [5.74, 6) is 0.866. The third-order valence-electron chi connectivity index (χ3n) is 4.24. The lowest BCUT2D eigenvalue weighted by Crippen LogP contribution is -2.27. The van der Waals surface area contributed by atoms with Crippen LogP contribution < -0.4 is 10.6 Å². The van der Waals surface area contributed by atoms with E-state index in [9.17, 15) is 22.0 Å². The highest BCUT2D eigenvalue weighted by molar-refractivity contribution is 7.17. The smallest absolute Gasteiger partial charge is 0.433 e. The molecule has 0 aliphatic carbocycles. The molecular formula is C21H26F5N4O2P. The van der Waals surface area contributed by atoms with Gasteiger partial charge in [0.05, 0.1) is 12.3 Å². The van der Waals surface area contributed by atoms with Crippen LogP contribution in [0, 0.1) is 18.4 Å². The fraction of sp³-hybridized carbons (Fsp3) is 0.429. The predicted molar refractivity (Wildman–Crippen MR) is 119 cm³/mol. The number of nitrogens with zero attached hydrogens (tertiary/aromatic N) is 2. The molecule has 182 valence electrons. The van der Waals surface area contributed by atoms with E-state index in [0.717, 1.165) is 26.6 Å². The molecule has 0 aliphatic rings. The average Bonchev–Trinajstić information content (AvgIpc) is 3.16. The van der Waals surface area contributed by atoms with Gasteiger partial charge in [0.1, 0.15) is 23.8 Å². The number of pyridine rings is 1. The van der Waals surface area contributed by atoms with E-state index in [-0.39, 0.29) is 12.3 Å². The van der Waals surface area contributed by atoms with Crippen molar-refractivity contribution >= 4 is 21.0 Å². The summed E-state index contributed by atoms with van der Waals surface area (Å²) >= 11 is 0. The van der Waals surface area contributed by atoms with Crippen molar-refractivity contribution in [3.05, 3.63) is 53.8 Å². The van der Waals surface area contributed by atoms with Crippen molar-refractivity contribution in [2.75, 3.05) is 25.5 Å². The molecule has 0 aromatic carbocycles. The molecule has 2 heterocycles. The number of aryl methyl sites for hydroxylation is 1. The maximum absolute atomic E-state index is 13.4. The predicted octanol–water partition coefficient (Wildman–Crippen LogP) is 5.53. The second-order valence-corrected chi connectivity index (χ2v) is 7.63. The van der Waals surface area contributed by atoms with Gasteiger partial charge in [-0.05, 0) is 63.2 Å². The Morgan fingerprint density at radius 3 is 2.42 bits per heavy atom. The van der Waals surface area contributed by atoms with Gasteiger partial charge in [-0.1, -0.05) is 15.8 Å². The molecule has 2 aromatic rings. The number of nitriles is 1. The Kier molecular flexibility index (Phi) is 11.3. The van der Waals surface area contributed by atoms with Crippen molar-refractivity contribution in [2.45, 2.75) is 37.6 Å². The van der Waals surface area contributed by atoms with Crippen molar-refractivity contribution in [1.29, 1.82) is 5.26 Å². The number of nitrogens with one attached hydrogen (secondary N) is 2. The van der Waals surface area contributed by atoms with E-state index >= 15 is 0 Å². The molecule has 6 nitrogen and oxygen atoms in total. The number of hydrogen-bond donors (Lipinski definition) is 2. The van der Waals surface area contributed by atoms with E-state index in [4.69, 9.17) is 9.68 Å². The van der Waals surface area contributed by atoms with E-state index in [2.05, 4.69) is 26.9 Å². The van der Waals surface area contributed by atoms with Crippen LogP contribution in [-0.2, 0) is 16.6 Å². The molecule has 33 heavy (non-hydrogen) atoms. The summed E-state index contributed by atoms with van der Waals surface area (Å²) in [5.41, 5.74) is -5.09. The Balaban J connectivity index is 0.000000568. The lowest BCUT2D eigenvalue weighted by molar-refractivity contribution is -0.141. The minimum Gasteiger partial charge on any atom is -0.465 e. The Hall–Kier alpha value is -2.70. The highest BCUT2D eigenvalue weighted by Crippen LogP contribution is 2.38. The summed E-state index contributed by atoms with van der Waals surface area (Å²) < 4.78 is 75.2. The topological polar surface area (TPSA) is 83.1 Å². The van der Waals surface area contributed by atoms with Gasteiger partial charge in [-0.3, -0.25) is 0 Å². The second-order valence-electron chi connectivity index (χ2n) is 6.91. The average molecular weight is 492 g/mol. The highest BCUT2D eigenvalue weighted by atomic mass is 31.0. The van der Waals surface area contributed by atoms with Crippen molar-refractivity contribution in [1.82, 2.24) is 10.3 Å². The van der Waals surface area contributed by atoms with Crippen LogP contribution in [0.15, 0.2) is 35.5 Å². The lowest BCUT2D eigenvalue weighted by atomic mass is 10.1. The van der Waals surface area contributed by atoms with Crippen LogP contribution >= 0.6 is 9.24 Å². The Morgan fingerprint density at radius 2 is 1.97 bits per heavy atom. The van der Waals surface area contributed by atoms with Gasteiger partial charge in [-0.2, -0.15) is 27.2 Å². The monoisotopic (exact) mass is 492 g/mol. The normalized spacial score (nSPS) is 12.2. The molecule has 0 fully saturated rings. The molecule has 0 amide bonds. The van der Waals surface area contributed by atoms with Gasteiger partial charge in [-0.25, -0.2) is 4.98 Å². The van der Waals surface area contributed by atoms with E-state index in [1.54, 1.807) is 19.4 Å². The largest absolute Gasteiger partial charge is 0.465 e. The van der Waals surface area contributed by atoms with Crippen LogP contribution in [0.5, 0.6) is 0 Å². The zero-order valence-corrected chi connectivity index (χ0v) is 19.3. The van der Waals surface area contributed by atoms with Gasteiger partial charge in [-0.15, -0.1) is 0 Å². The van der Waals surface area contributed by atoms with Gasteiger partial charge in [0.2, 0.25) is 0 Å². The number of ether oxygens (including phenoxy) is 1. The first kappa shape index (κ1) is 28.3. The third-order valence-corrected chi connectivity index (χ3v) is 4.54. The number of alkyl halides is 5.